The van der Waals surface area contributed by atoms with Crippen LogP contribution in [0.1, 0.15) is 74.1 Å². The zero-order valence-corrected chi connectivity index (χ0v) is 18.5. The largest absolute Gasteiger partial charge is 0.464 e. The molecule has 0 heterocycles. The Balaban J connectivity index is 2.82. The van der Waals surface area contributed by atoms with Crippen molar-refractivity contribution in [1.29, 1.82) is 0 Å². The van der Waals surface area contributed by atoms with Crippen LogP contribution in [0.5, 0.6) is 5.75 Å². The van der Waals surface area contributed by atoms with E-state index in [1.54, 1.807) is 0 Å². The van der Waals surface area contributed by atoms with Gasteiger partial charge in [-0.3, -0.25) is 0 Å². The fourth-order valence-electron chi connectivity index (χ4n) is 3.22. The first kappa shape index (κ1) is 22.5. The van der Waals surface area contributed by atoms with Crippen molar-refractivity contribution in [3.8, 4) is 5.75 Å². The van der Waals surface area contributed by atoms with Crippen molar-refractivity contribution in [1.82, 2.24) is 0 Å². The third-order valence-electron chi connectivity index (χ3n) is 5.09. The van der Waals surface area contributed by atoms with Gasteiger partial charge in [-0.25, -0.2) is 0 Å². The lowest BCUT2D eigenvalue weighted by molar-refractivity contribution is -0.0438. The molecule has 1 aromatic carbocycles. The highest BCUT2D eigenvalue weighted by Crippen LogP contribution is 2.39. The number of para-hydroxylation sites is 1. The second kappa shape index (κ2) is 9.93. The Morgan fingerprint density at radius 2 is 1.60 bits per heavy atom. The van der Waals surface area contributed by atoms with Gasteiger partial charge in [-0.1, -0.05) is 66.7 Å². The van der Waals surface area contributed by atoms with E-state index in [0.717, 1.165) is 18.6 Å². The summed E-state index contributed by atoms with van der Waals surface area (Å²) >= 11 is 0. The molecule has 2 nitrogen and oxygen atoms in total. The molecule has 0 aliphatic heterocycles. The third kappa shape index (κ3) is 8.56. The van der Waals surface area contributed by atoms with Crippen LogP contribution in [0.15, 0.2) is 30.3 Å². The molecule has 4 atom stereocenters. The van der Waals surface area contributed by atoms with Crippen LogP contribution in [-0.4, -0.2) is 6.29 Å². The third-order valence-corrected chi connectivity index (χ3v) is 5.36. The summed E-state index contributed by atoms with van der Waals surface area (Å²) in [4.78, 5) is 0. The Kier molecular flexibility index (Phi) is 8.92. The molecule has 1 aromatic rings. The second-order valence-corrected chi connectivity index (χ2v) is 9.77. The van der Waals surface area contributed by atoms with Gasteiger partial charge >= 0.3 is 0 Å². The van der Waals surface area contributed by atoms with Crippen molar-refractivity contribution in [2.45, 2.75) is 80.4 Å². The van der Waals surface area contributed by atoms with E-state index in [4.69, 9.17) is 9.26 Å². The van der Waals surface area contributed by atoms with E-state index in [9.17, 15) is 0 Å². The minimum atomic E-state index is -0.225. The van der Waals surface area contributed by atoms with Crippen LogP contribution in [0.4, 0.5) is 0 Å². The summed E-state index contributed by atoms with van der Waals surface area (Å²) in [6.07, 6.45) is 4.45. The van der Waals surface area contributed by atoms with E-state index in [1.807, 2.05) is 30.3 Å². The highest BCUT2D eigenvalue weighted by molar-refractivity contribution is 7.09. The van der Waals surface area contributed by atoms with Gasteiger partial charge in [0.2, 0.25) is 6.29 Å². The number of hydrogen-bond donors (Lipinski definition) is 0. The summed E-state index contributed by atoms with van der Waals surface area (Å²) < 4.78 is 11.8. The first-order valence-corrected chi connectivity index (χ1v) is 10.1. The van der Waals surface area contributed by atoms with Gasteiger partial charge in [0.05, 0.1) is 0 Å². The lowest BCUT2D eigenvalue weighted by atomic mass is 9.71. The SMILES string of the molecule is CCC(CC(CCC(C)(C)C)C(C)(C)C)C(OP)Oc1ccccc1. The molecule has 0 aliphatic rings. The molecule has 0 saturated heterocycles. The summed E-state index contributed by atoms with van der Waals surface area (Å²) in [6, 6.07) is 9.98. The van der Waals surface area contributed by atoms with Crippen molar-refractivity contribution in [2.75, 3.05) is 0 Å². The molecule has 0 spiro atoms. The maximum atomic E-state index is 6.13. The minimum Gasteiger partial charge on any atom is -0.464 e. The van der Waals surface area contributed by atoms with E-state index in [0.29, 0.717) is 17.3 Å². The van der Waals surface area contributed by atoms with Gasteiger partial charge in [0.15, 0.2) is 0 Å². The summed E-state index contributed by atoms with van der Waals surface area (Å²) in [5.41, 5.74) is 0.666. The highest BCUT2D eigenvalue weighted by atomic mass is 31.0. The lowest BCUT2D eigenvalue weighted by Gasteiger charge is -2.37. The van der Waals surface area contributed by atoms with Crippen LogP contribution in [0.3, 0.4) is 0 Å². The molecule has 0 saturated carbocycles. The molecule has 0 fully saturated rings. The molecule has 0 bridgehead atoms. The predicted molar refractivity (Wildman–Crippen MR) is 112 cm³/mol. The Labute approximate surface area is 158 Å². The highest BCUT2D eigenvalue weighted by Gasteiger charge is 2.32. The molecule has 144 valence electrons. The van der Waals surface area contributed by atoms with Crippen LogP contribution in [0.2, 0.25) is 0 Å². The molecule has 3 heteroatoms. The summed E-state index contributed by atoms with van der Waals surface area (Å²) in [5.74, 6) is 1.90. The maximum Gasteiger partial charge on any atom is 0.205 e. The number of benzene rings is 1. The second-order valence-electron chi connectivity index (χ2n) is 9.50. The molecule has 0 aromatic heterocycles. The Morgan fingerprint density at radius 3 is 2.04 bits per heavy atom. The van der Waals surface area contributed by atoms with Gasteiger partial charge in [0.25, 0.3) is 0 Å². The number of hydrogen-bond acceptors (Lipinski definition) is 2. The van der Waals surface area contributed by atoms with Crippen LogP contribution in [0, 0.1) is 22.7 Å². The van der Waals surface area contributed by atoms with E-state index in [-0.39, 0.29) is 11.7 Å². The topological polar surface area (TPSA) is 18.5 Å². The van der Waals surface area contributed by atoms with E-state index >= 15 is 0 Å². The van der Waals surface area contributed by atoms with Gasteiger partial charge in [0, 0.05) is 15.4 Å². The van der Waals surface area contributed by atoms with Gasteiger partial charge < -0.3 is 9.26 Å². The zero-order chi connectivity index (χ0) is 19.1. The van der Waals surface area contributed by atoms with E-state index in [2.05, 4.69) is 57.9 Å². The summed E-state index contributed by atoms with van der Waals surface area (Å²) in [5, 5.41) is 0. The summed E-state index contributed by atoms with van der Waals surface area (Å²) in [6.45, 7) is 16.3. The van der Waals surface area contributed by atoms with E-state index < -0.39 is 0 Å². The number of rotatable bonds is 9. The van der Waals surface area contributed by atoms with Crippen LogP contribution in [-0.2, 0) is 4.52 Å². The lowest BCUT2D eigenvalue weighted by Crippen LogP contribution is -2.32. The Morgan fingerprint density at radius 1 is 1.00 bits per heavy atom. The van der Waals surface area contributed by atoms with Gasteiger partial charge in [-0.05, 0) is 54.6 Å². The molecular weight excluding hydrogens is 327 g/mol. The minimum absolute atomic E-state index is 0.225. The van der Waals surface area contributed by atoms with Crippen molar-refractivity contribution in [3.05, 3.63) is 30.3 Å². The van der Waals surface area contributed by atoms with Gasteiger partial charge in [-0.15, -0.1) is 0 Å². The van der Waals surface area contributed by atoms with Crippen LogP contribution < -0.4 is 4.74 Å². The molecular formula is C22H39O2P. The molecule has 0 N–H and O–H groups in total. The first-order chi connectivity index (χ1) is 11.6. The van der Waals surface area contributed by atoms with Crippen molar-refractivity contribution in [3.63, 3.8) is 0 Å². The average Bonchev–Trinajstić information content (AvgIpc) is 2.52. The van der Waals surface area contributed by atoms with Gasteiger partial charge in [-0.2, -0.15) is 0 Å². The average molecular weight is 367 g/mol. The standard InChI is InChI=1S/C22H39O2P/c1-8-17(20(24-25)23-19-12-10-9-11-13-19)16-18(22(5,6)7)14-15-21(2,3)4/h9-13,17-18,20H,8,14-16,25H2,1-7H3. The number of ether oxygens (including phenoxy) is 1. The van der Waals surface area contributed by atoms with E-state index in [1.165, 1.54) is 12.8 Å². The molecule has 25 heavy (non-hydrogen) atoms. The first-order valence-electron chi connectivity index (χ1n) is 9.64. The predicted octanol–water partition coefficient (Wildman–Crippen LogP) is 7.10. The van der Waals surface area contributed by atoms with Crippen LogP contribution >= 0.6 is 9.47 Å². The Bertz CT molecular complexity index is 473. The smallest absolute Gasteiger partial charge is 0.205 e. The fraction of sp³-hybridized carbons (Fsp3) is 0.727. The Hall–Kier alpha value is -0.590. The molecule has 0 amide bonds. The van der Waals surface area contributed by atoms with Gasteiger partial charge in [0.1, 0.15) is 5.75 Å². The quantitative estimate of drug-likeness (QED) is 0.343. The summed E-state index contributed by atoms with van der Waals surface area (Å²) in [7, 11) is 2.40. The molecule has 1 rings (SSSR count). The molecule has 0 aliphatic carbocycles. The monoisotopic (exact) mass is 366 g/mol. The van der Waals surface area contributed by atoms with Crippen LogP contribution in [0.25, 0.3) is 0 Å². The van der Waals surface area contributed by atoms with Crippen molar-refractivity contribution >= 4 is 9.47 Å². The fourth-order valence-corrected chi connectivity index (χ4v) is 3.49. The maximum absolute atomic E-state index is 6.13. The molecule has 0 radical (unpaired) electrons. The normalized spacial score (nSPS) is 16.3. The van der Waals surface area contributed by atoms with Crippen molar-refractivity contribution < 1.29 is 9.26 Å². The molecule has 4 unspecified atom stereocenters. The zero-order valence-electron chi connectivity index (χ0n) is 17.3. The van der Waals surface area contributed by atoms with Crippen molar-refractivity contribution in [2.24, 2.45) is 22.7 Å².